The summed E-state index contributed by atoms with van der Waals surface area (Å²) >= 11 is 1.56. The molecule has 0 fully saturated rings. The molecule has 1 atom stereocenters. The largest absolute Gasteiger partial charge is 0.381 e. The smallest absolute Gasteiger partial charge is 0.130 e. The second-order valence-electron chi connectivity index (χ2n) is 3.46. The molecule has 2 aromatic rings. The quantitative estimate of drug-likeness (QED) is 0.864. The molecule has 0 bridgehead atoms. The highest BCUT2D eigenvalue weighted by Gasteiger charge is 2.16. The lowest BCUT2D eigenvalue weighted by atomic mass is 10.2. The zero-order chi connectivity index (χ0) is 10.8. The van der Waals surface area contributed by atoms with Gasteiger partial charge in [0.15, 0.2) is 0 Å². The lowest BCUT2D eigenvalue weighted by molar-refractivity contribution is 0.213. The molecule has 15 heavy (non-hydrogen) atoms. The fraction of sp³-hybridized carbons (Fsp3) is 0.364. The van der Waals surface area contributed by atoms with Crippen LogP contribution in [-0.2, 0) is 13.5 Å². The van der Waals surface area contributed by atoms with Crippen molar-refractivity contribution in [3.05, 3.63) is 39.8 Å². The van der Waals surface area contributed by atoms with E-state index in [0.717, 1.165) is 22.7 Å². The van der Waals surface area contributed by atoms with Crippen LogP contribution in [0.15, 0.2) is 23.6 Å². The minimum Gasteiger partial charge on any atom is -0.381 e. The molecule has 0 saturated heterocycles. The van der Waals surface area contributed by atoms with E-state index in [9.17, 15) is 5.11 Å². The number of nitrogens with zero attached hydrogens (tertiary/aromatic N) is 2. The van der Waals surface area contributed by atoms with Gasteiger partial charge in [0, 0.05) is 11.9 Å². The van der Waals surface area contributed by atoms with Crippen LogP contribution in [0.2, 0.25) is 0 Å². The van der Waals surface area contributed by atoms with E-state index >= 15 is 0 Å². The first-order valence-corrected chi connectivity index (χ1v) is 5.84. The molecule has 0 aliphatic rings. The van der Waals surface area contributed by atoms with Crippen LogP contribution < -0.4 is 0 Å². The summed E-state index contributed by atoms with van der Waals surface area (Å²) < 4.78 is 1.75. The summed E-state index contributed by atoms with van der Waals surface area (Å²) in [5, 5.41) is 16.4. The summed E-state index contributed by atoms with van der Waals surface area (Å²) in [4.78, 5) is 0.959. The predicted octanol–water partition coefficient (Wildman–Crippen LogP) is 2.13. The van der Waals surface area contributed by atoms with Crippen LogP contribution in [0.5, 0.6) is 0 Å². The Morgan fingerprint density at radius 2 is 2.40 bits per heavy atom. The van der Waals surface area contributed by atoms with E-state index in [1.807, 2.05) is 30.6 Å². The molecule has 2 aromatic heterocycles. The Morgan fingerprint density at radius 3 is 2.93 bits per heavy atom. The number of rotatable bonds is 3. The predicted molar refractivity (Wildman–Crippen MR) is 61.0 cm³/mol. The maximum atomic E-state index is 10.1. The van der Waals surface area contributed by atoms with Crippen LogP contribution >= 0.6 is 11.3 Å². The third-order valence-electron chi connectivity index (χ3n) is 2.42. The number of aryl methyl sites for hydroxylation is 2. The first-order chi connectivity index (χ1) is 7.22. The molecule has 0 aliphatic heterocycles. The van der Waals surface area contributed by atoms with Gasteiger partial charge in [-0.3, -0.25) is 4.68 Å². The molecule has 2 heterocycles. The van der Waals surface area contributed by atoms with Gasteiger partial charge in [-0.15, -0.1) is 11.3 Å². The monoisotopic (exact) mass is 222 g/mol. The van der Waals surface area contributed by atoms with E-state index < -0.39 is 6.10 Å². The van der Waals surface area contributed by atoms with Gasteiger partial charge in [-0.2, -0.15) is 5.10 Å². The van der Waals surface area contributed by atoms with Crippen molar-refractivity contribution < 1.29 is 5.11 Å². The molecule has 3 nitrogen and oxygen atoms in total. The van der Waals surface area contributed by atoms with Crippen molar-refractivity contribution in [1.82, 2.24) is 9.78 Å². The average molecular weight is 222 g/mol. The van der Waals surface area contributed by atoms with E-state index in [0.29, 0.717) is 0 Å². The van der Waals surface area contributed by atoms with Crippen molar-refractivity contribution in [3.8, 4) is 0 Å². The van der Waals surface area contributed by atoms with E-state index in [-0.39, 0.29) is 0 Å². The van der Waals surface area contributed by atoms with Crippen molar-refractivity contribution >= 4 is 11.3 Å². The second-order valence-corrected chi connectivity index (χ2v) is 4.43. The second kappa shape index (κ2) is 4.16. The molecular formula is C11H14N2OS. The summed E-state index contributed by atoms with van der Waals surface area (Å²) in [6.07, 6.45) is 0.341. The van der Waals surface area contributed by atoms with Crippen molar-refractivity contribution in [2.24, 2.45) is 7.05 Å². The summed E-state index contributed by atoms with van der Waals surface area (Å²) in [5.74, 6) is 0. The van der Waals surface area contributed by atoms with Gasteiger partial charge in [0.2, 0.25) is 0 Å². The molecule has 1 unspecified atom stereocenters. The first kappa shape index (κ1) is 10.4. The molecule has 0 aromatic carbocycles. The molecule has 1 N–H and O–H groups in total. The topological polar surface area (TPSA) is 38.0 Å². The van der Waals surface area contributed by atoms with E-state index in [4.69, 9.17) is 0 Å². The summed E-state index contributed by atoms with van der Waals surface area (Å²) in [7, 11) is 1.87. The Kier molecular flexibility index (Phi) is 2.88. The molecule has 0 saturated carbocycles. The molecule has 0 amide bonds. The standard InChI is InChI=1S/C11H14N2OS/c1-3-8-7-9(13(2)12-8)11(14)10-5-4-6-15-10/h4-7,11,14H,3H2,1-2H3. The van der Waals surface area contributed by atoms with Gasteiger partial charge in [0.05, 0.1) is 11.4 Å². The maximum Gasteiger partial charge on any atom is 0.130 e. The highest BCUT2D eigenvalue weighted by molar-refractivity contribution is 7.10. The van der Waals surface area contributed by atoms with Crippen molar-refractivity contribution in [2.75, 3.05) is 0 Å². The third-order valence-corrected chi connectivity index (χ3v) is 3.35. The molecule has 80 valence electrons. The Hall–Kier alpha value is -1.13. The lowest BCUT2D eigenvalue weighted by Gasteiger charge is -2.07. The van der Waals surface area contributed by atoms with Crippen LogP contribution in [0.3, 0.4) is 0 Å². The fourth-order valence-corrected chi connectivity index (χ4v) is 2.29. The normalized spacial score (nSPS) is 13.0. The van der Waals surface area contributed by atoms with Crippen molar-refractivity contribution in [1.29, 1.82) is 0 Å². The molecule has 2 rings (SSSR count). The maximum absolute atomic E-state index is 10.1. The van der Waals surface area contributed by atoms with E-state index in [2.05, 4.69) is 12.0 Å². The number of hydrogen-bond acceptors (Lipinski definition) is 3. The third kappa shape index (κ3) is 1.96. The van der Waals surface area contributed by atoms with Gasteiger partial charge in [-0.1, -0.05) is 13.0 Å². The Balaban J connectivity index is 2.33. The van der Waals surface area contributed by atoms with Gasteiger partial charge in [-0.25, -0.2) is 0 Å². The van der Waals surface area contributed by atoms with Crippen molar-refractivity contribution in [3.63, 3.8) is 0 Å². The van der Waals surface area contributed by atoms with Crippen LogP contribution in [0.1, 0.15) is 29.3 Å². The van der Waals surface area contributed by atoms with Crippen LogP contribution in [0, 0.1) is 0 Å². The minimum absolute atomic E-state index is 0.553. The van der Waals surface area contributed by atoms with Crippen molar-refractivity contribution in [2.45, 2.75) is 19.4 Å². The molecule has 4 heteroatoms. The minimum atomic E-state index is -0.553. The van der Waals surface area contributed by atoms with Gasteiger partial charge >= 0.3 is 0 Å². The fourth-order valence-electron chi connectivity index (χ4n) is 1.56. The number of aromatic nitrogens is 2. The average Bonchev–Trinajstić information content (AvgIpc) is 2.85. The van der Waals surface area contributed by atoms with Crippen LogP contribution in [-0.4, -0.2) is 14.9 Å². The zero-order valence-corrected chi connectivity index (χ0v) is 9.66. The number of aliphatic hydroxyl groups excluding tert-OH is 1. The van der Waals surface area contributed by atoms with Crippen LogP contribution in [0.4, 0.5) is 0 Å². The number of thiophene rings is 1. The lowest BCUT2D eigenvalue weighted by Crippen LogP contribution is -2.04. The highest BCUT2D eigenvalue weighted by atomic mass is 32.1. The molecule has 0 radical (unpaired) electrons. The Labute approximate surface area is 93.0 Å². The summed E-state index contributed by atoms with van der Waals surface area (Å²) in [6, 6.07) is 5.85. The summed E-state index contributed by atoms with van der Waals surface area (Å²) in [5.41, 5.74) is 1.87. The van der Waals surface area contributed by atoms with Gasteiger partial charge in [0.1, 0.15) is 6.10 Å². The zero-order valence-electron chi connectivity index (χ0n) is 8.84. The number of hydrogen-bond donors (Lipinski definition) is 1. The first-order valence-electron chi connectivity index (χ1n) is 4.96. The Bertz CT molecular complexity index is 433. The highest BCUT2D eigenvalue weighted by Crippen LogP contribution is 2.25. The Morgan fingerprint density at radius 1 is 1.60 bits per heavy atom. The number of aliphatic hydroxyl groups is 1. The molecule has 0 spiro atoms. The summed E-state index contributed by atoms with van der Waals surface area (Å²) in [6.45, 7) is 2.06. The SMILES string of the molecule is CCc1cc(C(O)c2cccs2)n(C)n1. The molecule has 0 aliphatic carbocycles. The van der Waals surface area contributed by atoms with Gasteiger partial charge < -0.3 is 5.11 Å². The van der Waals surface area contributed by atoms with E-state index in [1.165, 1.54) is 0 Å². The molecular weight excluding hydrogens is 208 g/mol. The van der Waals surface area contributed by atoms with Gasteiger partial charge in [0.25, 0.3) is 0 Å². The van der Waals surface area contributed by atoms with E-state index in [1.54, 1.807) is 16.0 Å². The van der Waals surface area contributed by atoms with Crippen LogP contribution in [0.25, 0.3) is 0 Å². The van der Waals surface area contributed by atoms with Gasteiger partial charge in [-0.05, 0) is 23.9 Å².